The van der Waals surface area contributed by atoms with Gasteiger partial charge >= 0.3 is 5.97 Å². The Morgan fingerprint density at radius 2 is 2.14 bits per heavy atom. The third-order valence-corrected chi connectivity index (χ3v) is 5.29. The zero-order valence-electron chi connectivity index (χ0n) is 16.2. The maximum Gasteiger partial charge on any atom is 0.338 e. The number of hydrogen-bond acceptors (Lipinski definition) is 8. The molecule has 29 heavy (non-hydrogen) atoms. The van der Waals surface area contributed by atoms with E-state index < -0.39 is 11.9 Å². The number of anilines is 2. The zero-order chi connectivity index (χ0) is 20.8. The maximum absolute atomic E-state index is 12.4. The number of fused-ring (bicyclic) bond motifs is 1. The van der Waals surface area contributed by atoms with E-state index in [-0.39, 0.29) is 5.57 Å². The van der Waals surface area contributed by atoms with Crippen molar-refractivity contribution in [1.82, 2.24) is 9.88 Å². The number of carbonyl (C=O) groups excluding carboxylic acids is 2. The number of benzene rings is 1. The third-order valence-electron chi connectivity index (χ3n) is 4.28. The molecule has 0 radical (unpaired) electrons. The van der Waals surface area contributed by atoms with Crippen LogP contribution in [0.15, 0.2) is 36.0 Å². The molecule has 2 heterocycles. The van der Waals surface area contributed by atoms with E-state index in [2.05, 4.69) is 27.6 Å². The van der Waals surface area contributed by atoms with Gasteiger partial charge in [-0.2, -0.15) is 5.26 Å². The molecule has 0 bridgehead atoms. The fourth-order valence-electron chi connectivity index (χ4n) is 2.77. The van der Waals surface area contributed by atoms with Crippen molar-refractivity contribution in [2.24, 2.45) is 0 Å². The van der Waals surface area contributed by atoms with Crippen LogP contribution < -0.4 is 10.6 Å². The lowest BCUT2D eigenvalue weighted by Gasteiger charge is -2.20. The number of nitriles is 1. The molecule has 2 aromatic rings. The quantitative estimate of drug-likeness (QED) is 0.427. The van der Waals surface area contributed by atoms with E-state index in [1.165, 1.54) is 22.4 Å². The molecule has 150 valence electrons. The summed E-state index contributed by atoms with van der Waals surface area (Å²) in [6.07, 6.45) is 2.25. The summed E-state index contributed by atoms with van der Waals surface area (Å²) >= 11 is 1.52. The van der Waals surface area contributed by atoms with Crippen LogP contribution in [0.2, 0.25) is 0 Å². The third kappa shape index (κ3) is 5.19. The van der Waals surface area contributed by atoms with Crippen molar-refractivity contribution in [3.05, 3.63) is 52.2 Å². The Morgan fingerprint density at radius 3 is 2.83 bits per heavy atom. The minimum absolute atomic E-state index is 0.0789. The van der Waals surface area contributed by atoms with Crippen LogP contribution in [0.4, 0.5) is 10.8 Å². The Kier molecular flexibility index (Phi) is 6.59. The monoisotopic (exact) mass is 411 g/mol. The molecule has 8 nitrogen and oxygen atoms in total. The van der Waals surface area contributed by atoms with E-state index in [9.17, 15) is 14.9 Å². The van der Waals surface area contributed by atoms with E-state index in [1.807, 2.05) is 6.07 Å². The average Bonchev–Trinajstić information content (AvgIpc) is 3.11. The normalized spacial score (nSPS) is 13.9. The van der Waals surface area contributed by atoms with E-state index in [1.54, 1.807) is 31.2 Å². The molecule has 3 rings (SSSR count). The Balaban J connectivity index is 1.63. The van der Waals surface area contributed by atoms with E-state index >= 15 is 0 Å². The van der Waals surface area contributed by atoms with Crippen molar-refractivity contribution in [1.29, 1.82) is 5.26 Å². The Bertz CT molecular complexity index is 975. The highest BCUT2D eigenvalue weighted by molar-refractivity contribution is 7.15. The highest BCUT2D eigenvalue weighted by Crippen LogP contribution is 2.27. The van der Waals surface area contributed by atoms with Crippen LogP contribution in [0.5, 0.6) is 0 Å². The van der Waals surface area contributed by atoms with Crippen molar-refractivity contribution < 1.29 is 14.3 Å². The van der Waals surface area contributed by atoms with Crippen LogP contribution in [0.25, 0.3) is 0 Å². The van der Waals surface area contributed by atoms with Crippen LogP contribution in [-0.2, 0) is 22.5 Å². The molecule has 9 heteroatoms. The van der Waals surface area contributed by atoms with Gasteiger partial charge in [0.1, 0.15) is 11.6 Å². The summed E-state index contributed by atoms with van der Waals surface area (Å²) in [5.74, 6) is -0.977. The number of hydrogen-bond donors (Lipinski definition) is 2. The first kappa shape index (κ1) is 20.5. The van der Waals surface area contributed by atoms with E-state index in [4.69, 9.17) is 4.74 Å². The van der Waals surface area contributed by atoms with Crippen molar-refractivity contribution >= 4 is 34.0 Å². The van der Waals surface area contributed by atoms with Gasteiger partial charge in [0.15, 0.2) is 5.13 Å². The fraction of sp³-hybridized carbons (Fsp3) is 0.300. The molecule has 1 amide bonds. The SMILES string of the molecule is CCOC(=O)c1ccc(NC(=O)/C(C#N)=C\Nc2nc3c(s2)CN(C)CC3)cc1. The molecule has 0 spiro atoms. The molecule has 1 aliphatic rings. The molecular weight excluding hydrogens is 390 g/mol. The van der Waals surface area contributed by atoms with Gasteiger partial charge in [0.25, 0.3) is 5.91 Å². The predicted octanol–water partition coefficient (Wildman–Crippen LogP) is 2.77. The number of nitrogens with one attached hydrogen (secondary N) is 2. The Morgan fingerprint density at radius 1 is 1.38 bits per heavy atom. The number of carbonyl (C=O) groups is 2. The van der Waals surface area contributed by atoms with Gasteiger partial charge in [-0.3, -0.25) is 4.79 Å². The first-order chi connectivity index (χ1) is 14.0. The number of esters is 1. The van der Waals surface area contributed by atoms with Crippen molar-refractivity contribution in [2.75, 3.05) is 30.8 Å². The Labute approximate surface area is 172 Å². The van der Waals surface area contributed by atoms with Crippen LogP contribution in [0.1, 0.15) is 27.9 Å². The van der Waals surface area contributed by atoms with Crippen LogP contribution in [0, 0.1) is 11.3 Å². The first-order valence-corrected chi connectivity index (χ1v) is 9.94. The maximum atomic E-state index is 12.4. The van der Waals surface area contributed by atoms with E-state index in [0.717, 1.165) is 25.2 Å². The number of ether oxygens (including phenoxy) is 1. The molecule has 2 N–H and O–H groups in total. The van der Waals surface area contributed by atoms with Gasteiger partial charge in [0.2, 0.25) is 0 Å². The van der Waals surface area contributed by atoms with Crippen LogP contribution >= 0.6 is 11.3 Å². The summed E-state index contributed by atoms with van der Waals surface area (Å²) in [7, 11) is 2.06. The second kappa shape index (κ2) is 9.32. The topological polar surface area (TPSA) is 107 Å². The lowest BCUT2D eigenvalue weighted by Crippen LogP contribution is -2.25. The van der Waals surface area contributed by atoms with Gasteiger partial charge < -0.3 is 20.3 Å². The summed E-state index contributed by atoms with van der Waals surface area (Å²) in [4.78, 5) is 32.0. The molecule has 0 saturated carbocycles. The lowest BCUT2D eigenvalue weighted by molar-refractivity contribution is -0.112. The lowest BCUT2D eigenvalue weighted by atomic mass is 10.2. The van der Waals surface area contributed by atoms with Gasteiger partial charge in [0.05, 0.1) is 17.9 Å². The molecule has 0 fully saturated rings. The van der Waals surface area contributed by atoms with Gasteiger partial charge in [-0.25, -0.2) is 9.78 Å². The molecule has 0 aliphatic carbocycles. The number of thiazole rings is 1. The largest absolute Gasteiger partial charge is 0.462 e. The number of nitrogens with zero attached hydrogens (tertiary/aromatic N) is 3. The smallest absolute Gasteiger partial charge is 0.338 e. The van der Waals surface area contributed by atoms with Gasteiger partial charge in [-0.1, -0.05) is 0 Å². The van der Waals surface area contributed by atoms with Crippen LogP contribution in [0.3, 0.4) is 0 Å². The molecule has 0 saturated heterocycles. The van der Waals surface area contributed by atoms with E-state index in [0.29, 0.717) is 23.0 Å². The molecule has 1 aromatic heterocycles. The van der Waals surface area contributed by atoms with Crippen molar-refractivity contribution in [2.45, 2.75) is 19.9 Å². The highest BCUT2D eigenvalue weighted by Gasteiger charge is 2.18. The molecule has 1 aromatic carbocycles. The highest BCUT2D eigenvalue weighted by atomic mass is 32.1. The predicted molar refractivity (Wildman–Crippen MR) is 110 cm³/mol. The zero-order valence-corrected chi connectivity index (χ0v) is 17.0. The fourth-order valence-corrected chi connectivity index (χ4v) is 3.83. The van der Waals surface area contributed by atoms with Crippen LogP contribution in [-0.4, -0.2) is 42.0 Å². The molecule has 0 atom stereocenters. The number of rotatable bonds is 6. The van der Waals surface area contributed by atoms with Gasteiger partial charge in [-0.05, 0) is 38.2 Å². The molecule has 0 unspecified atom stereocenters. The Hall–Kier alpha value is -3.22. The van der Waals surface area contributed by atoms with Crippen molar-refractivity contribution in [3.63, 3.8) is 0 Å². The summed E-state index contributed by atoms with van der Waals surface area (Å²) in [5.41, 5.74) is 1.84. The number of likely N-dealkylation sites (N-methyl/N-ethyl adjacent to an activating group) is 1. The molecular formula is C20H21N5O3S. The number of amides is 1. The summed E-state index contributed by atoms with van der Waals surface area (Å²) < 4.78 is 4.92. The first-order valence-electron chi connectivity index (χ1n) is 9.12. The summed E-state index contributed by atoms with van der Waals surface area (Å²) in [6, 6.07) is 8.16. The van der Waals surface area contributed by atoms with Gasteiger partial charge in [-0.15, -0.1) is 11.3 Å². The standard InChI is InChI=1S/C20H21N5O3S/c1-3-28-19(27)13-4-6-15(7-5-13)23-18(26)14(10-21)11-22-20-24-16-8-9-25(2)12-17(16)29-20/h4-7,11H,3,8-9,12H2,1-2H3,(H,22,24)(H,23,26)/b14-11-. The second-order valence-corrected chi connectivity index (χ2v) is 7.53. The minimum Gasteiger partial charge on any atom is -0.462 e. The minimum atomic E-state index is -0.551. The second-order valence-electron chi connectivity index (χ2n) is 6.44. The molecule has 1 aliphatic heterocycles. The summed E-state index contributed by atoms with van der Waals surface area (Å²) in [5, 5.41) is 15.6. The average molecular weight is 411 g/mol. The van der Waals surface area contributed by atoms with Crippen molar-refractivity contribution in [3.8, 4) is 6.07 Å². The van der Waals surface area contributed by atoms with Gasteiger partial charge in [0, 0.05) is 36.3 Å². The number of aromatic nitrogens is 1. The summed E-state index contributed by atoms with van der Waals surface area (Å²) in [6.45, 7) is 3.84.